The Morgan fingerprint density at radius 1 is 1.00 bits per heavy atom. The third kappa shape index (κ3) is 3.30. The highest BCUT2D eigenvalue weighted by atomic mass is 35.5. The van der Waals surface area contributed by atoms with Crippen LogP contribution in [0, 0.1) is 17.5 Å². The summed E-state index contributed by atoms with van der Waals surface area (Å²) in [5.74, 6) is -3.28. The van der Waals surface area contributed by atoms with Crippen LogP contribution in [0.3, 0.4) is 0 Å². The summed E-state index contributed by atoms with van der Waals surface area (Å²) in [6.45, 7) is -0.424. The second-order valence-corrected chi connectivity index (χ2v) is 4.32. The van der Waals surface area contributed by atoms with Crippen LogP contribution in [0.4, 0.5) is 13.2 Å². The van der Waals surface area contributed by atoms with E-state index in [9.17, 15) is 18.0 Å². The van der Waals surface area contributed by atoms with E-state index in [-0.39, 0.29) is 16.3 Å². The van der Waals surface area contributed by atoms with Crippen LogP contribution in [0.5, 0.6) is 5.75 Å². The van der Waals surface area contributed by atoms with Crippen LogP contribution in [0.1, 0.15) is 10.4 Å². The number of ether oxygens (including phenoxy) is 1. The highest BCUT2D eigenvalue weighted by molar-refractivity contribution is 6.30. The van der Waals surface area contributed by atoms with E-state index >= 15 is 0 Å². The molecule has 2 rings (SSSR count). The molecule has 0 aliphatic heterocycles. The molecule has 2 aromatic carbocycles. The minimum absolute atomic E-state index is 0.0293. The van der Waals surface area contributed by atoms with Crippen molar-refractivity contribution in [3.8, 4) is 5.75 Å². The van der Waals surface area contributed by atoms with Gasteiger partial charge in [0.2, 0.25) is 0 Å². The van der Waals surface area contributed by atoms with Crippen LogP contribution in [0.2, 0.25) is 5.02 Å². The lowest BCUT2D eigenvalue weighted by Crippen LogP contribution is -2.12. The number of ketones is 1. The molecule has 0 unspecified atom stereocenters. The maximum atomic E-state index is 13.1. The number of Topliss-reactive ketones (excluding diaryl/α,β-unsaturated/α-hetero) is 1. The van der Waals surface area contributed by atoms with E-state index in [2.05, 4.69) is 0 Å². The smallest absolute Gasteiger partial charge is 0.200 e. The zero-order valence-corrected chi connectivity index (χ0v) is 10.8. The first-order valence-corrected chi connectivity index (χ1v) is 5.91. The highest BCUT2D eigenvalue weighted by Gasteiger charge is 2.11. The first kappa shape index (κ1) is 14.4. The molecule has 0 aliphatic rings. The molecule has 0 fully saturated rings. The average molecular weight is 301 g/mol. The van der Waals surface area contributed by atoms with Gasteiger partial charge in [0.15, 0.2) is 24.0 Å². The maximum Gasteiger partial charge on any atom is 0.200 e. The number of carbonyl (C=O) groups is 1. The molecule has 0 heterocycles. The van der Waals surface area contributed by atoms with Gasteiger partial charge in [-0.05, 0) is 30.3 Å². The van der Waals surface area contributed by atoms with Crippen LogP contribution < -0.4 is 4.74 Å². The molecule has 0 amide bonds. The number of hydrogen-bond acceptors (Lipinski definition) is 2. The zero-order chi connectivity index (χ0) is 14.7. The second kappa shape index (κ2) is 5.96. The van der Waals surface area contributed by atoms with Crippen LogP contribution in [0.25, 0.3) is 0 Å². The summed E-state index contributed by atoms with van der Waals surface area (Å²) in [6, 6.07) is 6.49. The molecule has 0 atom stereocenters. The quantitative estimate of drug-likeness (QED) is 0.797. The summed E-state index contributed by atoms with van der Waals surface area (Å²) in [7, 11) is 0. The maximum absolute atomic E-state index is 13.1. The topological polar surface area (TPSA) is 26.3 Å². The van der Waals surface area contributed by atoms with Crippen LogP contribution in [-0.2, 0) is 0 Å². The molecule has 0 aliphatic carbocycles. The van der Waals surface area contributed by atoms with Gasteiger partial charge >= 0.3 is 0 Å². The minimum atomic E-state index is -1.12. The van der Waals surface area contributed by atoms with Crippen LogP contribution in [0.15, 0.2) is 36.4 Å². The van der Waals surface area contributed by atoms with Crippen LogP contribution >= 0.6 is 11.6 Å². The molecular formula is C14H8ClF3O2. The number of carbonyl (C=O) groups excluding carboxylic acids is 1. The Morgan fingerprint density at radius 3 is 2.40 bits per heavy atom. The van der Waals surface area contributed by atoms with Crippen LogP contribution in [-0.4, -0.2) is 12.4 Å². The average Bonchev–Trinajstić information content (AvgIpc) is 2.43. The fraction of sp³-hybridized carbons (Fsp3) is 0.0714. The monoisotopic (exact) mass is 300 g/mol. The summed E-state index contributed by atoms with van der Waals surface area (Å²) in [5, 5.41) is -0.0655. The van der Waals surface area contributed by atoms with Gasteiger partial charge in [0.25, 0.3) is 0 Å². The molecule has 0 saturated heterocycles. The Labute approximate surface area is 117 Å². The lowest BCUT2D eigenvalue weighted by Gasteiger charge is -2.06. The molecule has 0 saturated carbocycles. The molecule has 0 spiro atoms. The van der Waals surface area contributed by atoms with E-state index in [1.54, 1.807) is 0 Å². The third-order valence-electron chi connectivity index (χ3n) is 2.50. The van der Waals surface area contributed by atoms with Crippen molar-refractivity contribution >= 4 is 17.4 Å². The lowest BCUT2D eigenvalue weighted by molar-refractivity contribution is 0.0920. The SMILES string of the molecule is O=C(COc1ccc(Cl)c(F)c1)c1ccc(F)c(F)c1. The molecule has 2 nitrogen and oxygen atoms in total. The fourth-order valence-corrected chi connectivity index (χ4v) is 1.59. The van der Waals surface area contributed by atoms with E-state index < -0.39 is 29.8 Å². The van der Waals surface area contributed by atoms with Gasteiger partial charge in [-0.3, -0.25) is 4.79 Å². The summed E-state index contributed by atoms with van der Waals surface area (Å²) in [5.41, 5.74) is -0.0293. The summed E-state index contributed by atoms with van der Waals surface area (Å²) < 4.78 is 43.9. The Hall–Kier alpha value is -2.01. The summed E-state index contributed by atoms with van der Waals surface area (Å²) >= 11 is 5.50. The lowest BCUT2D eigenvalue weighted by atomic mass is 10.1. The largest absolute Gasteiger partial charge is 0.485 e. The van der Waals surface area contributed by atoms with E-state index in [1.807, 2.05) is 0 Å². The summed E-state index contributed by atoms with van der Waals surface area (Å²) in [4.78, 5) is 11.7. The normalized spacial score (nSPS) is 10.4. The van der Waals surface area contributed by atoms with Crippen molar-refractivity contribution in [2.75, 3.05) is 6.61 Å². The summed E-state index contributed by atoms with van der Waals surface area (Å²) in [6.07, 6.45) is 0. The fourth-order valence-electron chi connectivity index (χ4n) is 1.47. The van der Waals surface area contributed by atoms with Gasteiger partial charge in [-0.1, -0.05) is 11.6 Å². The Bertz CT molecular complexity index is 659. The predicted molar refractivity (Wildman–Crippen MR) is 67.6 cm³/mol. The Morgan fingerprint density at radius 2 is 1.75 bits per heavy atom. The van der Waals surface area contributed by atoms with Gasteiger partial charge in [0.05, 0.1) is 5.02 Å². The standard InChI is InChI=1S/C14H8ClF3O2/c15-10-3-2-9(6-12(10)17)20-7-14(19)8-1-4-11(16)13(18)5-8/h1-6H,7H2. The molecule has 0 bridgehead atoms. The Balaban J connectivity index is 2.04. The van der Waals surface area contributed by atoms with E-state index in [4.69, 9.17) is 16.3 Å². The molecule has 2 aromatic rings. The van der Waals surface area contributed by atoms with Crippen molar-refractivity contribution in [1.82, 2.24) is 0 Å². The van der Waals surface area contributed by atoms with Gasteiger partial charge in [-0.25, -0.2) is 13.2 Å². The molecule has 0 radical (unpaired) electrons. The Kier molecular flexibility index (Phi) is 4.29. The highest BCUT2D eigenvalue weighted by Crippen LogP contribution is 2.20. The van der Waals surface area contributed by atoms with Gasteiger partial charge in [-0.15, -0.1) is 0 Å². The minimum Gasteiger partial charge on any atom is -0.485 e. The third-order valence-corrected chi connectivity index (χ3v) is 2.81. The molecule has 0 aromatic heterocycles. The molecular weight excluding hydrogens is 293 g/mol. The predicted octanol–water partition coefficient (Wildman–Crippen LogP) is 4.02. The first-order valence-electron chi connectivity index (χ1n) is 5.53. The van der Waals surface area contributed by atoms with Crippen molar-refractivity contribution in [2.24, 2.45) is 0 Å². The van der Waals surface area contributed by atoms with Gasteiger partial charge in [-0.2, -0.15) is 0 Å². The number of halogens is 4. The van der Waals surface area contributed by atoms with Gasteiger partial charge in [0.1, 0.15) is 11.6 Å². The van der Waals surface area contributed by atoms with E-state index in [0.29, 0.717) is 0 Å². The molecule has 104 valence electrons. The molecule has 20 heavy (non-hydrogen) atoms. The van der Waals surface area contributed by atoms with Gasteiger partial charge in [0, 0.05) is 11.6 Å². The van der Waals surface area contributed by atoms with E-state index in [0.717, 1.165) is 24.3 Å². The van der Waals surface area contributed by atoms with E-state index in [1.165, 1.54) is 12.1 Å². The van der Waals surface area contributed by atoms with Gasteiger partial charge < -0.3 is 4.74 Å². The van der Waals surface area contributed by atoms with Crippen molar-refractivity contribution in [3.63, 3.8) is 0 Å². The molecule has 6 heteroatoms. The van der Waals surface area contributed by atoms with Crippen molar-refractivity contribution < 1.29 is 22.7 Å². The number of rotatable bonds is 4. The zero-order valence-electron chi connectivity index (χ0n) is 10.00. The van der Waals surface area contributed by atoms with Crippen molar-refractivity contribution in [1.29, 1.82) is 0 Å². The first-order chi connectivity index (χ1) is 9.47. The number of hydrogen-bond donors (Lipinski definition) is 0. The number of benzene rings is 2. The van der Waals surface area contributed by atoms with Crippen molar-refractivity contribution in [3.05, 3.63) is 64.4 Å². The van der Waals surface area contributed by atoms with Crippen molar-refractivity contribution in [2.45, 2.75) is 0 Å². The molecule has 0 N–H and O–H groups in total. The second-order valence-electron chi connectivity index (χ2n) is 3.92.